The summed E-state index contributed by atoms with van der Waals surface area (Å²) < 4.78 is 17.6. The minimum Gasteiger partial charge on any atom is -0.493 e. The molecule has 1 saturated heterocycles. The Labute approximate surface area is 209 Å². The zero-order chi connectivity index (χ0) is 24.4. The predicted octanol–water partition coefficient (Wildman–Crippen LogP) is 4.53. The van der Waals surface area contributed by atoms with Gasteiger partial charge in [-0.25, -0.2) is 10.9 Å². The summed E-state index contributed by atoms with van der Waals surface area (Å²) in [6.07, 6.45) is -0.394. The summed E-state index contributed by atoms with van der Waals surface area (Å²) in [6, 6.07) is 25.5. The second kappa shape index (κ2) is 9.88. The van der Waals surface area contributed by atoms with Crippen LogP contribution in [0.2, 0.25) is 5.02 Å². The van der Waals surface area contributed by atoms with Crippen LogP contribution < -0.4 is 26.1 Å². The molecule has 4 N–H and O–H groups in total. The van der Waals surface area contributed by atoms with Gasteiger partial charge in [-0.2, -0.15) is 5.26 Å². The molecule has 4 atom stereocenters. The summed E-state index contributed by atoms with van der Waals surface area (Å²) in [5.74, 6) is 0.873. The summed E-state index contributed by atoms with van der Waals surface area (Å²) in [4.78, 5) is 0. The molecule has 7 nitrogen and oxygen atoms in total. The molecule has 0 aliphatic carbocycles. The molecule has 0 spiro atoms. The molecule has 0 amide bonds. The standard InChI is InChI=1S/C27H25ClN4O3/c1-33-22-13-18(9-12-21(22)34-15-16-7-10-19(28)11-8-16)23-20(14-29)26(30)35-27-24(23)25(31-32-27)17-5-3-2-4-6-17/h2-13,23-25,27,31-32H,15,30H2,1H3. The molecule has 2 aliphatic heterocycles. The molecule has 3 aromatic carbocycles. The number of hydrogen-bond donors (Lipinski definition) is 3. The van der Waals surface area contributed by atoms with Gasteiger partial charge in [0, 0.05) is 16.9 Å². The molecule has 5 rings (SSSR count). The molecular weight excluding hydrogens is 464 g/mol. The number of nitriles is 1. The van der Waals surface area contributed by atoms with E-state index in [9.17, 15) is 5.26 Å². The molecule has 2 aliphatic rings. The van der Waals surface area contributed by atoms with Crippen molar-refractivity contribution in [3.05, 3.63) is 106 Å². The lowest BCUT2D eigenvalue weighted by Crippen LogP contribution is -2.41. The van der Waals surface area contributed by atoms with E-state index in [4.69, 9.17) is 31.5 Å². The number of nitrogens with two attached hydrogens (primary N) is 1. The first kappa shape index (κ1) is 23.1. The van der Waals surface area contributed by atoms with Gasteiger partial charge >= 0.3 is 0 Å². The maximum atomic E-state index is 10.0. The molecule has 35 heavy (non-hydrogen) atoms. The van der Waals surface area contributed by atoms with Gasteiger partial charge in [0.1, 0.15) is 12.7 Å². The SMILES string of the molecule is COc1cc(C2C(C#N)=C(N)OC3NNC(c4ccccc4)C32)ccc1OCc1ccc(Cl)cc1. The first-order chi connectivity index (χ1) is 17.1. The van der Waals surface area contributed by atoms with Gasteiger partial charge < -0.3 is 19.9 Å². The first-order valence-corrected chi connectivity index (χ1v) is 11.6. The summed E-state index contributed by atoms with van der Waals surface area (Å²) in [7, 11) is 1.60. The van der Waals surface area contributed by atoms with E-state index in [1.165, 1.54) is 0 Å². The third-order valence-corrected chi connectivity index (χ3v) is 6.72. The van der Waals surface area contributed by atoms with Crippen LogP contribution >= 0.6 is 11.6 Å². The maximum absolute atomic E-state index is 10.0. The summed E-state index contributed by atoms with van der Waals surface area (Å²) >= 11 is 5.98. The number of ether oxygens (including phenoxy) is 3. The molecule has 178 valence electrons. The van der Waals surface area contributed by atoms with Crippen LogP contribution in [0, 0.1) is 17.2 Å². The molecule has 4 unspecified atom stereocenters. The number of fused-ring (bicyclic) bond motifs is 1. The van der Waals surface area contributed by atoms with E-state index in [0.29, 0.717) is 28.7 Å². The van der Waals surface area contributed by atoms with E-state index in [1.807, 2.05) is 60.7 Å². The fourth-order valence-corrected chi connectivity index (χ4v) is 4.90. The third kappa shape index (κ3) is 4.52. The quantitative estimate of drug-likeness (QED) is 0.468. The van der Waals surface area contributed by atoms with Crippen LogP contribution in [-0.4, -0.2) is 13.3 Å². The smallest absolute Gasteiger partial charge is 0.200 e. The van der Waals surface area contributed by atoms with E-state index < -0.39 is 6.23 Å². The second-order valence-corrected chi connectivity index (χ2v) is 8.92. The van der Waals surface area contributed by atoms with Crippen LogP contribution in [0.25, 0.3) is 0 Å². The molecule has 0 radical (unpaired) electrons. The van der Waals surface area contributed by atoms with Crippen LogP contribution in [0.15, 0.2) is 84.3 Å². The van der Waals surface area contributed by atoms with Crippen LogP contribution in [0.5, 0.6) is 11.5 Å². The molecule has 3 aromatic rings. The highest BCUT2D eigenvalue weighted by Crippen LogP contribution is 2.48. The predicted molar refractivity (Wildman–Crippen MR) is 132 cm³/mol. The monoisotopic (exact) mass is 488 g/mol. The minimum absolute atomic E-state index is 0.0884. The number of hydrogen-bond acceptors (Lipinski definition) is 7. The lowest BCUT2D eigenvalue weighted by atomic mass is 9.74. The Morgan fingerprint density at radius 3 is 2.49 bits per heavy atom. The summed E-state index contributed by atoms with van der Waals surface area (Å²) in [5, 5.41) is 10.7. The van der Waals surface area contributed by atoms with Crippen molar-refractivity contribution in [3.63, 3.8) is 0 Å². The van der Waals surface area contributed by atoms with Gasteiger partial charge in [-0.05, 0) is 41.0 Å². The van der Waals surface area contributed by atoms with Crippen molar-refractivity contribution in [2.24, 2.45) is 11.7 Å². The third-order valence-electron chi connectivity index (χ3n) is 6.46. The van der Waals surface area contributed by atoms with Gasteiger partial charge in [0.2, 0.25) is 5.88 Å². The Kier molecular flexibility index (Phi) is 6.51. The van der Waals surface area contributed by atoms with Crippen molar-refractivity contribution < 1.29 is 14.2 Å². The van der Waals surface area contributed by atoms with E-state index in [0.717, 1.165) is 16.7 Å². The number of nitrogens with one attached hydrogen (secondary N) is 2. The molecule has 0 aromatic heterocycles. The molecule has 1 fully saturated rings. The fourth-order valence-electron chi connectivity index (χ4n) is 4.78. The van der Waals surface area contributed by atoms with Crippen LogP contribution in [0.4, 0.5) is 0 Å². The van der Waals surface area contributed by atoms with Gasteiger partial charge in [0.15, 0.2) is 17.7 Å². The van der Waals surface area contributed by atoms with Crippen molar-refractivity contribution in [2.45, 2.75) is 24.8 Å². The highest BCUT2D eigenvalue weighted by atomic mass is 35.5. The van der Waals surface area contributed by atoms with Crippen molar-refractivity contribution in [3.8, 4) is 17.6 Å². The Morgan fingerprint density at radius 2 is 1.77 bits per heavy atom. The van der Waals surface area contributed by atoms with Gasteiger partial charge in [0.05, 0.1) is 18.7 Å². The molecule has 8 heteroatoms. The lowest BCUT2D eigenvalue weighted by Gasteiger charge is -2.36. The van der Waals surface area contributed by atoms with E-state index in [2.05, 4.69) is 29.1 Å². The normalized spacial score (nSPS) is 23.2. The highest BCUT2D eigenvalue weighted by molar-refractivity contribution is 6.30. The first-order valence-electron chi connectivity index (χ1n) is 11.3. The maximum Gasteiger partial charge on any atom is 0.200 e. The molecule has 2 heterocycles. The topological polar surface area (TPSA) is 102 Å². The average Bonchev–Trinajstić information content (AvgIpc) is 3.31. The Balaban J connectivity index is 1.48. The van der Waals surface area contributed by atoms with E-state index in [-0.39, 0.29) is 23.8 Å². The summed E-state index contributed by atoms with van der Waals surface area (Å²) in [5.41, 5.74) is 16.1. The van der Waals surface area contributed by atoms with E-state index >= 15 is 0 Å². The van der Waals surface area contributed by atoms with Crippen molar-refractivity contribution in [1.29, 1.82) is 5.26 Å². The van der Waals surface area contributed by atoms with Gasteiger partial charge in [-0.15, -0.1) is 0 Å². The number of rotatable bonds is 6. The number of hydrazine groups is 1. The second-order valence-electron chi connectivity index (χ2n) is 8.49. The Hall–Kier alpha value is -3.70. The summed E-state index contributed by atoms with van der Waals surface area (Å²) in [6.45, 7) is 0.370. The van der Waals surface area contributed by atoms with Gasteiger partial charge in [-0.3, -0.25) is 0 Å². The molecule has 0 bridgehead atoms. The minimum atomic E-state index is -0.394. The fraction of sp³-hybridized carbons (Fsp3) is 0.222. The molecule has 0 saturated carbocycles. The van der Waals surface area contributed by atoms with Gasteiger partial charge in [0.25, 0.3) is 0 Å². The number of allylic oxidation sites excluding steroid dienone is 1. The van der Waals surface area contributed by atoms with Crippen molar-refractivity contribution in [2.75, 3.05) is 7.11 Å². The highest BCUT2D eigenvalue weighted by Gasteiger charge is 2.49. The zero-order valence-electron chi connectivity index (χ0n) is 19.1. The number of halogens is 1. The number of nitrogens with zero attached hydrogens (tertiary/aromatic N) is 1. The van der Waals surface area contributed by atoms with Crippen LogP contribution in [0.3, 0.4) is 0 Å². The Bertz CT molecular complexity index is 1270. The molecular formula is C27H25ClN4O3. The number of methoxy groups -OCH3 is 1. The lowest BCUT2D eigenvalue weighted by molar-refractivity contribution is 0.0340. The Morgan fingerprint density at radius 1 is 1.00 bits per heavy atom. The van der Waals surface area contributed by atoms with Gasteiger partial charge in [-0.1, -0.05) is 60.1 Å². The van der Waals surface area contributed by atoms with Crippen LogP contribution in [0.1, 0.15) is 28.7 Å². The van der Waals surface area contributed by atoms with E-state index in [1.54, 1.807) is 7.11 Å². The van der Waals surface area contributed by atoms with Crippen molar-refractivity contribution in [1.82, 2.24) is 10.9 Å². The van der Waals surface area contributed by atoms with Crippen LogP contribution in [-0.2, 0) is 11.3 Å². The van der Waals surface area contributed by atoms with Crippen molar-refractivity contribution >= 4 is 11.6 Å². The largest absolute Gasteiger partial charge is 0.493 e. The average molecular weight is 489 g/mol. The zero-order valence-corrected chi connectivity index (χ0v) is 19.8. The number of benzene rings is 3.